The molecule has 27 heavy (non-hydrogen) atoms. The summed E-state index contributed by atoms with van der Waals surface area (Å²) >= 11 is 0. The third-order valence-electron chi connectivity index (χ3n) is 5.13. The predicted molar refractivity (Wildman–Crippen MR) is 104 cm³/mol. The van der Waals surface area contributed by atoms with Gasteiger partial charge in [0.25, 0.3) is 0 Å². The van der Waals surface area contributed by atoms with Crippen LogP contribution in [-0.4, -0.2) is 43.6 Å². The van der Waals surface area contributed by atoms with Gasteiger partial charge >= 0.3 is 0 Å². The molecule has 0 unspecified atom stereocenters. The van der Waals surface area contributed by atoms with Gasteiger partial charge < -0.3 is 4.90 Å². The van der Waals surface area contributed by atoms with Crippen molar-refractivity contribution >= 4 is 22.6 Å². The second-order valence-corrected chi connectivity index (χ2v) is 7.11. The van der Waals surface area contributed by atoms with E-state index in [1.54, 1.807) is 17.1 Å². The number of anilines is 1. The zero-order chi connectivity index (χ0) is 18.8. The van der Waals surface area contributed by atoms with Gasteiger partial charge in [0, 0.05) is 50.4 Å². The van der Waals surface area contributed by atoms with Gasteiger partial charge in [0.05, 0.1) is 11.6 Å². The number of aromatic nitrogens is 5. The Hall–Kier alpha value is -2.83. The van der Waals surface area contributed by atoms with Crippen molar-refractivity contribution in [2.75, 3.05) is 18.0 Å². The van der Waals surface area contributed by atoms with E-state index >= 15 is 0 Å². The highest BCUT2D eigenvalue weighted by atomic mass is 16.1. The molecule has 0 bridgehead atoms. The molecule has 0 amide bonds. The van der Waals surface area contributed by atoms with E-state index in [1.807, 2.05) is 25.4 Å². The summed E-state index contributed by atoms with van der Waals surface area (Å²) in [5.41, 5.74) is 1.54. The molecule has 1 atom stereocenters. The fourth-order valence-corrected chi connectivity index (χ4v) is 3.76. The number of piperidine rings is 1. The Labute approximate surface area is 158 Å². The molecule has 0 N–H and O–H groups in total. The fourth-order valence-electron chi connectivity index (χ4n) is 3.76. The van der Waals surface area contributed by atoms with Crippen LogP contribution < -0.4 is 4.90 Å². The van der Waals surface area contributed by atoms with E-state index in [9.17, 15) is 4.79 Å². The fraction of sp³-hybridized carbons (Fsp3) is 0.450. The smallest absolute Gasteiger partial charge is 0.169 e. The van der Waals surface area contributed by atoms with Gasteiger partial charge in [0.1, 0.15) is 11.6 Å². The normalized spacial score (nSPS) is 17.4. The van der Waals surface area contributed by atoms with Crippen LogP contribution >= 0.6 is 0 Å². The summed E-state index contributed by atoms with van der Waals surface area (Å²) in [4.78, 5) is 28.7. The Bertz CT molecular complexity index is 952. The van der Waals surface area contributed by atoms with Crippen molar-refractivity contribution in [3.05, 3.63) is 42.1 Å². The van der Waals surface area contributed by atoms with Gasteiger partial charge in [-0.15, -0.1) is 0 Å². The number of carbonyl (C=O) groups excluding carboxylic acids is 1. The number of hydrogen-bond acceptors (Lipinski definition) is 6. The first-order chi connectivity index (χ1) is 13.2. The first-order valence-electron chi connectivity index (χ1n) is 9.55. The molecule has 1 aliphatic heterocycles. The van der Waals surface area contributed by atoms with Crippen LogP contribution in [0.25, 0.3) is 11.0 Å². The zero-order valence-electron chi connectivity index (χ0n) is 15.8. The summed E-state index contributed by atoms with van der Waals surface area (Å²) in [7, 11) is 1.90. The number of pyridine rings is 1. The number of nitrogens with zero attached hydrogens (tertiary/aromatic N) is 6. The average molecular weight is 364 g/mol. The van der Waals surface area contributed by atoms with Crippen molar-refractivity contribution in [3.8, 4) is 0 Å². The standard InChI is InChI=1S/C20H24N6O/c1-3-6-17-23-19-16(12-22-25(19)2)20(24-17)26-10-5-8-15(13-26)18(27)14-7-4-9-21-11-14/h4,7,9,11-12,15H,3,5-6,8,10,13H2,1-2H3/t15-/m0/s1. The third-order valence-corrected chi connectivity index (χ3v) is 5.13. The van der Waals surface area contributed by atoms with Crippen LogP contribution in [0.5, 0.6) is 0 Å². The van der Waals surface area contributed by atoms with Crippen LogP contribution in [0.2, 0.25) is 0 Å². The molecule has 0 aliphatic carbocycles. The van der Waals surface area contributed by atoms with E-state index < -0.39 is 0 Å². The van der Waals surface area contributed by atoms with Crippen molar-refractivity contribution in [2.45, 2.75) is 32.6 Å². The van der Waals surface area contributed by atoms with Gasteiger partial charge in [0.2, 0.25) is 0 Å². The molecule has 140 valence electrons. The van der Waals surface area contributed by atoms with Crippen LogP contribution in [0.3, 0.4) is 0 Å². The molecule has 4 heterocycles. The molecular weight excluding hydrogens is 340 g/mol. The van der Waals surface area contributed by atoms with Crippen LogP contribution in [-0.2, 0) is 13.5 Å². The molecule has 0 aromatic carbocycles. The largest absolute Gasteiger partial charge is 0.355 e. The van der Waals surface area contributed by atoms with E-state index in [2.05, 4.69) is 26.9 Å². The zero-order valence-corrected chi connectivity index (χ0v) is 15.8. The molecule has 1 saturated heterocycles. The molecule has 3 aromatic heterocycles. The lowest BCUT2D eigenvalue weighted by Gasteiger charge is -2.33. The maximum atomic E-state index is 12.9. The van der Waals surface area contributed by atoms with E-state index in [0.717, 1.165) is 54.9 Å². The number of hydrogen-bond donors (Lipinski definition) is 0. The molecule has 0 spiro atoms. The summed E-state index contributed by atoms with van der Waals surface area (Å²) in [6, 6.07) is 3.66. The van der Waals surface area contributed by atoms with Crippen LogP contribution in [0, 0.1) is 5.92 Å². The summed E-state index contributed by atoms with van der Waals surface area (Å²) in [5.74, 6) is 1.86. The Kier molecular flexibility index (Phi) is 4.83. The van der Waals surface area contributed by atoms with Gasteiger partial charge in [-0.05, 0) is 31.4 Å². The van der Waals surface area contributed by atoms with Gasteiger partial charge in [0.15, 0.2) is 11.4 Å². The first-order valence-corrected chi connectivity index (χ1v) is 9.55. The van der Waals surface area contributed by atoms with Crippen molar-refractivity contribution < 1.29 is 4.79 Å². The maximum absolute atomic E-state index is 12.9. The average Bonchev–Trinajstić information content (AvgIpc) is 3.09. The number of ketones is 1. The van der Waals surface area contributed by atoms with E-state index in [1.165, 1.54) is 0 Å². The maximum Gasteiger partial charge on any atom is 0.169 e. The number of fused-ring (bicyclic) bond motifs is 1. The molecule has 3 aromatic rings. The molecule has 1 aliphatic rings. The van der Waals surface area contributed by atoms with E-state index in [4.69, 9.17) is 4.98 Å². The monoisotopic (exact) mass is 364 g/mol. The minimum Gasteiger partial charge on any atom is -0.355 e. The predicted octanol–water partition coefficient (Wildman–Crippen LogP) is 2.81. The van der Waals surface area contributed by atoms with E-state index in [0.29, 0.717) is 12.1 Å². The highest BCUT2D eigenvalue weighted by Gasteiger charge is 2.29. The summed E-state index contributed by atoms with van der Waals surface area (Å²) < 4.78 is 1.79. The van der Waals surface area contributed by atoms with Crippen LogP contribution in [0.15, 0.2) is 30.7 Å². The summed E-state index contributed by atoms with van der Waals surface area (Å²) in [6.45, 7) is 3.68. The molecule has 0 saturated carbocycles. The number of Topliss-reactive ketones (excluding diaryl/α,β-unsaturated/α-hetero) is 1. The Morgan fingerprint density at radius 1 is 1.30 bits per heavy atom. The first kappa shape index (κ1) is 17.6. The number of carbonyl (C=O) groups is 1. The van der Waals surface area contributed by atoms with Crippen LogP contribution in [0.1, 0.15) is 42.4 Å². The molecular formula is C20H24N6O. The Balaban J connectivity index is 1.66. The van der Waals surface area contributed by atoms with Gasteiger partial charge in [-0.1, -0.05) is 6.92 Å². The highest BCUT2D eigenvalue weighted by molar-refractivity contribution is 5.98. The molecule has 0 radical (unpaired) electrons. The Morgan fingerprint density at radius 3 is 2.96 bits per heavy atom. The molecule has 4 rings (SSSR count). The van der Waals surface area contributed by atoms with Crippen molar-refractivity contribution in [1.82, 2.24) is 24.7 Å². The van der Waals surface area contributed by atoms with Crippen molar-refractivity contribution in [3.63, 3.8) is 0 Å². The van der Waals surface area contributed by atoms with Gasteiger partial charge in [-0.3, -0.25) is 14.5 Å². The summed E-state index contributed by atoms with van der Waals surface area (Å²) in [5, 5.41) is 5.32. The topological polar surface area (TPSA) is 76.8 Å². The molecule has 7 heteroatoms. The highest BCUT2D eigenvalue weighted by Crippen LogP contribution is 2.29. The second kappa shape index (κ2) is 7.42. The molecule has 7 nitrogen and oxygen atoms in total. The van der Waals surface area contributed by atoms with Gasteiger partial charge in [-0.2, -0.15) is 5.10 Å². The van der Waals surface area contributed by atoms with Crippen molar-refractivity contribution in [2.24, 2.45) is 13.0 Å². The van der Waals surface area contributed by atoms with E-state index in [-0.39, 0.29) is 11.7 Å². The Morgan fingerprint density at radius 2 is 2.19 bits per heavy atom. The molecule has 1 fully saturated rings. The quantitative estimate of drug-likeness (QED) is 0.648. The lowest BCUT2D eigenvalue weighted by atomic mass is 9.90. The third kappa shape index (κ3) is 3.41. The van der Waals surface area contributed by atoms with Gasteiger partial charge in [-0.25, -0.2) is 9.97 Å². The SMILES string of the molecule is CCCc1nc(N2CCC[C@H](C(=O)c3cccnc3)C2)c2cnn(C)c2n1. The lowest BCUT2D eigenvalue weighted by Crippen LogP contribution is -2.39. The number of aryl methyl sites for hydroxylation is 2. The number of rotatable bonds is 5. The summed E-state index contributed by atoms with van der Waals surface area (Å²) in [6.07, 6.45) is 8.86. The lowest BCUT2D eigenvalue weighted by molar-refractivity contribution is 0.0906. The minimum absolute atomic E-state index is 0.0424. The second-order valence-electron chi connectivity index (χ2n) is 7.11. The minimum atomic E-state index is -0.0424. The van der Waals surface area contributed by atoms with Crippen molar-refractivity contribution in [1.29, 1.82) is 0 Å². The van der Waals surface area contributed by atoms with Crippen LogP contribution in [0.4, 0.5) is 5.82 Å².